The smallest absolute Gasteiger partial charge is 0.129 e. The van der Waals surface area contributed by atoms with Crippen LogP contribution in [0.2, 0.25) is 0 Å². The van der Waals surface area contributed by atoms with Crippen molar-refractivity contribution in [1.82, 2.24) is 10.2 Å². The average molecular weight is 270 g/mol. The summed E-state index contributed by atoms with van der Waals surface area (Å²) >= 11 is 0. The van der Waals surface area contributed by atoms with E-state index < -0.39 is 11.6 Å². The minimum atomic E-state index is -0.457. The number of nitrogens with zero attached hydrogens (tertiary/aromatic N) is 1. The van der Waals surface area contributed by atoms with Gasteiger partial charge in [0.1, 0.15) is 11.6 Å². The van der Waals surface area contributed by atoms with Gasteiger partial charge in [-0.05, 0) is 46.4 Å². The van der Waals surface area contributed by atoms with Crippen molar-refractivity contribution in [3.05, 3.63) is 35.4 Å². The molecule has 0 saturated heterocycles. The van der Waals surface area contributed by atoms with Gasteiger partial charge < -0.3 is 10.2 Å². The highest BCUT2D eigenvalue weighted by Crippen LogP contribution is 2.12. The SMILES string of the molecule is CN(CCNC(C)(C)C)CCc1c(F)cccc1F. The van der Waals surface area contributed by atoms with Gasteiger partial charge in [0.15, 0.2) is 0 Å². The van der Waals surface area contributed by atoms with Crippen LogP contribution >= 0.6 is 0 Å². The van der Waals surface area contributed by atoms with Crippen molar-refractivity contribution in [3.8, 4) is 0 Å². The monoisotopic (exact) mass is 270 g/mol. The molecule has 2 nitrogen and oxygen atoms in total. The first-order chi connectivity index (χ1) is 8.79. The van der Waals surface area contributed by atoms with Crippen LogP contribution in [0, 0.1) is 11.6 Å². The Kier molecular flexibility index (Phi) is 5.88. The lowest BCUT2D eigenvalue weighted by atomic mass is 10.1. The second-order valence-corrected chi connectivity index (χ2v) is 5.93. The molecule has 0 radical (unpaired) electrons. The minimum Gasteiger partial charge on any atom is -0.311 e. The van der Waals surface area contributed by atoms with E-state index in [2.05, 4.69) is 31.0 Å². The molecule has 4 heteroatoms. The molecule has 0 aliphatic rings. The summed E-state index contributed by atoms with van der Waals surface area (Å²) < 4.78 is 26.9. The quantitative estimate of drug-likeness (QED) is 0.855. The van der Waals surface area contributed by atoms with Gasteiger partial charge in [-0.15, -0.1) is 0 Å². The standard InChI is InChI=1S/C15H24F2N2/c1-15(2,3)18-9-11-19(4)10-8-12-13(16)6-5-7-14(12)17/h5-7,18H,8-11H2,1-4H3. The highest BCUT2D eigenvalue weighted by atomic mass is 19.1. The molecule has 0 atom stereocenters. The zero-order valence-electron chi connectivity index (χ0n) is 12.3. The second-order valence-electron chi connectivity index (χ2n) is 5.93. The van der Waals surface area contributed by atoms with Crippen molar-refractivity contribution >= 4 is 0 Å². The molecule has 0 aliphatic heterocycles. The summed E-state index contributed by atoms with van der Waals surface area (Å²) in [6, 6.07) is 4.00. The molecule has 0 unspecified atom stereocenters. The van der Waals surface area contributed by atoms with Crippen molar-refractivity contribution in [2.75, 3.05) is 26.7 Å². The summed E-state index contributed by atoms with van der Waals surface area (Å²) in [5.41, 5.74) is 0.275. The van der Waals surface area contributed by atoms with Crippen molar-refractivity contribution < 1.29 is 8.78 Å². The van der Waals surface area contributed by atoms with Gasteiger partial charge in [-0.2, -0.15) is 0 Å². The maximum atomic E-state index is 13.4. The van der Waals surface area contributed by atoms with E-state index in [-0.39, 0.29) is 11.1 Å². The fraction of sp³-hybridized carbons (Fsp3) is 0.600. The Morgan fingerprint density at radius 3 is 2.21 bits per heavy atom. The molecular formula is C15H24F2N2. The molecule has 19 heavy (non-hydrogen) atoms. The normalized spacial score (nSPS) is 12.2. The highest BCUT2D eigenvalue weighted by molar-refractivity contribution is 5.19. The Hall–Kier alpha value is -1.00. The van der Waals surface area contributed by atoms with Gasteiger partial charge in [0.05, 0.1) is 0 Å². The Bertz CT molecular complexity index is 379. The number of hydrogen-bond donors (Lipinski definition) is 1. The molecule has 0 amide bonds. The van der Waals surface area contributed by atoms with Gasteiger partial charge >= 0.3 is 0 Å². The minimum absolute atomic E-state index is 0.0957. The van der Waals surface area contributed by atoms with Gasteiger partial charge in [-0.3, -0.25) is 0 Å². The number of halogens is 2. The van der Waals surface area contributed by atoms with Crippen LogP contribution < -0.4 is 5.32 Å². The van der Waals surface area contributed by atoms with E-state index in [0.717, 1.165) is 13.1 Å². The van der Waals surface area contributed by atoms with Gasteiger partial charge in [-0.1, -0.05) is 6.07 Å². The molecule has 1 N–H and O–H groups in total. The van der Waals surface area contributed by atoms with E-state index in [0.29, 0.717) is 13.0 Å². The third-order valence-corrected chi connectivity index (χ3v) is 2.95. The van der Waals surface area contributed by atoms with Crippen LogP contribution in [0.1, 0.15) is 26.3 Å². The van der Waals surface area contributed by atoms with Crippen molar-refractivity contribution in [2.45, 2.75) is 32.7 Å². The molecule has 108 valence electrons. The second kappa shape index (κ2) is 6.96. The van der Waals surface area contributed by atoms with E-state index in [9.17, 15) is 8.78 Å². The number of nitrogens with one attached hydrogen (secondary N) is 1. The molecular weight excluding hydrogens is 246 g/mol. The first kappa shape index (κ1) is 16.1. The van der Waals surface area contributed by atoms with Crippen LogP contribution in [0.4, 0.5) is 8.78 Å². The molecule has 0 saturated carbocycles. The van der Waals surface area contributed by atoms with Crippen LogP contribution in [-0.4, -0.2) is 37.1 Å². The molecule has 0 heterocycles. The lowest BCUT2D eigenvalue weighted by Gasteiger charge is -2.23. The molecule has 0 fully saturated rings. The van der Waals surface area contributed by atoms with Crippen LogP contribution in [0.25, 0.3) is 0 Å². The maximum Gasteiger partial charge on any atom is 0.129 e. The van der Waals surface area contributed by atoms with Crippen LogP contribution in [0.5, 0.6) is 0 Å². The summed E-state index contributed by atoms with van der Waals surface area (Å²) in [7, 11) is 1.96. The van der Waals surface area contributed by atoms with Gasteiger partial charge in [-0.25, -0.2) is 8.78 Å². The topological polar surface area (TPSA) is 15.3 Å². The van der Waals surface area contributed by atoms with Crippen LogP contribution in [-0.2, 0) is 6.42 Å². The summed E-state index contributed by atoms with van der Waals surface area (Å²) in [5, 5.41) is 3.38. The first-order valence-electron chi connectivity index (χ1n) is 6.66. The van der Waals surface area contributed by atoms with E-state index in [1.807, 2.05) is 7.05 Å². The molecule has 1 aromatic carbocycles. The lowest BCUT2D eigenvalue weighted by Crippen LogP contribution is -2.40. The van der Waals surface area contributed by atoms with Crippen molar-refractivity contribution in [2.24, 2.45) is 0 Å². The summed E-state index contributed by atoms with van der Waals surface area (Å²) in [6.45, 7) is 8.70. The summed E-state index contributed by atoms with van der Waals surface area (Å²) in [6.07, 6.45) is 0.393. The number of rotatable bonds is 6. The van der Waals surface area contributed by atoms with Crippen molar-refractivity contribution in [3.63, 3.8) is 0 Å². The zero-order chi connectivity index (χ0) is 14.5. The van der Waals surface area contributed by atoms with Crippen LogP contribution in [0.15, 0.2) is 18.2 Å². The Labute approximate surface area is 114 Å². The van der Waals surface area contributed by atoms with Gasteiger partial charge in [0.25, 0.3) is 0 Å². The highest BCUT2D eigenvalue weighted by Gasteiger charge is 2.11. The van der Waals surface area contributed by atoms with Gasteiger partial charge in [0, 0.05) is 30.7 Å². The Morgan fingerprint density at radius 1 is 1.11 bits per heavy atom. The summed E-state index contributed by atoms with van der Waals surface area (Å²) in [4.78, 5) is 2.07. The number of likely N-dealkylation sites (N-methyl/N-ethyl adjacent to an activating group) is 1. The van der Waals surface area contributed by atoms with Gasteiger partial charge in [0.2, 0.25) is 0 Å². The molecule has 0 bridgehead atoms. The molecule has 0 spiro atoms. The molecule has 1 rings (SSSR count). The molecule has 0 aliphatic carbocycles. The van der Waals surface area contributed by atoms with E-state index in [1.165, 1.54) is 18.2 Å². The fourth-order valence-corrected chi connectivity index (χ4v) is 1.81. The predicted molar refractivity (Wildman–Crippen MR) is 75.3 cm³/mol. The summed E-state index contributed by atoms with van der Waals surface area (Å²) in [5.74, 6) is -0.914. The predicted octanol–water partition coefficient (Wildman–Crippen LogP) is 2.83. The third kappa shape index (κ3) is 6.12. The largest absolute Gasteiger partial charge is 0.311 e. The number of benzene rings is 1. The molecule has 0 aromatic heterocycles. The molecule has 1 aromatic rings. The fourth-order valence-electron chi connectivity index (χ4n) is 1.81. The maximum absolute atomic E-state index is 13.4. The Balaban J connectivity index is 2.36. The first-order valence-corrected chi connectivity index (χ1v) is 6.66. The third-order valence-electron chi connectivity index (χ3n) is 2.95. The van der Waals surface area contributed by atoms with E-state index in [1.54, 1.807) is 0 Å². The lowest BCUT2D eigenvalue weighted by molar-refractivity contribution is 0.310. The Morgan fingerprint density at radius 2 is 1.68 bits per heavy atom. The van der Waals surface area contributed by atoms with Crippen molar-refractivity contribution in [1.29, 1.82) is 0 Å². The number of hydrogen-bond acceptors (Lipinski definition) is 2. The van der Waals surface area contributed by atoms with E-state index in [4.69, 9.17) is 0 Å². The average Bonchev–Trinajstić information content (AvgIpc) is 2.26. The van der Waals surface area contributed by atoms with E-state index >= 15 is 0 Å². The van der Waals surface area contributed by atoms with Crippen LogP contribution in [0.3, 0.4) is 0 Å². The zero-order valence-corrected chi connectivity index (χ0v) is 12.3.